The van der Waals surface area contributed by atoms with Crippen LogP contribution in [-0.2, 0) is 6.54 Å². The number of halogens is 2. The zero-order chi connectivity index (χ0) is 15.4. The molecule has 0 saturated carbocycles. The van der Waals surface area contributed by atoms with Crippen molar-refractivity contribution in [2.45, 2.75) is 6.54 Å². The lowest BCUT2D eigenvalue weighted by molar-refractivity contribution is 0.0950. The quantitative estimate of drug-likeness (QED) is 0.846. The fraction of sp³-hybridized carbons (Fsp3) is 0.133. The number of nitrogens with two attached hydrogens (primary N) is 1. The summed E-state index contributed by atoms with van der Waals surface area (Å²) in [4.78, 5) is 12.1. The molecule has 0 radical (unpaired) electrons. The van der Waals surface area contributed by atoms with E-state index in [-0.39, 0.29) is 12.5 Å². The summed E-state index contributed by atoms with van der Waals surface area (Å²) >= 11 is 11.8. The van der Waals surface area contributed by atoms with E-state index in [4.69, 9.17) is 33.7 Å². The van der Waals surface area contributed by atoms with Gasteiger partial charge in [-0.1, -0.05) is 23.2 Å². The van der Waals surface area contributed by atoms with Gasteiger partial charge >= 0.3 is 0 Å². The molecule has 0 aromatic heterocycles. The summed E-state index contributed by atoms with van der Waals surface area (Å²) in [5, 5.41) is 3.60. The third kappa shape index (κ3) is 4.03. The SMILES string of the molecule is COc1ccc(N)cc1CNC(=O)c1cc(Cl)cc(Cl)c1. The summed E-state index contributed by atoms with van der Waals surface area (Å²) in [5.41, 5.74) is 7.53. The van der Waals surface area contributed by atoms with Crippen LogP contribution in [0.4, 0.5) is 5.69 Å². The van der Waals surface area contributed by atoms with Gasteiger partial charge in [0.15, 0.2) is 0 Å². The Balaban J connectivity index is 2.12. The Morgan fingerprint density at radius 2 is 1.86 bits per heavy atom. The molecule has 0 aliphatic heterocycles. The number of carbonyl (C=O) groups is 1. The van der Waals surface area contributed by atoms with Gasteiger partial charge in [0.1, 0.15) is 5.75 Å². The maximum atomic E-state index is 12.1. The van der Waals surface area contributed by atoms with Crippen molar-refractivity contribution in [1.29, 1.82) is 0 Å². The molecule has 4 nitrogen and oxygen atoms in total. The summed E-state index contributed by atoms with van der Waals surface area (Å²) in [7, 11) is 1.56. The van der Waals surface area contributed by atoms with Crippen LogP contribution >= 0.6 is 23.2 Å². The Kier molecular flexibility index (Phi) is 4.94. The average molecular weight is 325 g/mol. The summed E-state index contributed by atoms with van der Waals surface area (Å²) in [5.74, 6) is 0.387. The molecular formula is C15H14Cl2N2O2. The summed E-state index contributed by atoms with van der Waals surface area (Å²) in [6, 6.07) is 9.93. The highest BCUT2D eigenvalue weighted by atomic mass is 35.5. The lowest BCUT2D eigenvalue weighted by atomic mass is 10.1. The van der Waals surface area contributed by atoms with E-state index in [9.17, 15) is 4.79 Å². The Morgan fingerprint density at radius 3 is 2.48 bits per heavy atom. The van der Waals surface area contributed by atoms with E-state index in [0.717, 1.165) is 5.56 Å². The summed E-state index contributed by atoms with van der Waals surface area (Å²) < 4.78 is 5.23. The van der Waals surface area contributed by atoms with E-state index >= 15 is 0 Å². The number of nitrogens with one attached hydrogen (secondary N) is 1. The Bertz CT molecular complexity index is 654. The largest absolute Gasteiger partial charge is 0.496 e. The lowest BCUT2D eigenvalue weighted by Gasteiger charge is -2.11. The fourth-order valence-electron chi connectivity index (χ4n) is 1.90. The van der Waals surface area contributed by atoms with Gasteiger partial charge in [-0.05, 0) is 36.4 Å². The van der Waals surface area contributed by atoms with Crippen molar-refractivity contribution in [2.75, 3.05) is 12.8 Å². The molecule has 3 N–H and O–H groups in total. The third-order valence-corrected chi connectivity index (χ3v) is 3.31. The molecule has 2 aromatic carbocycles. The second kappa shape index (κ2) is 6.70. The van der Waals surface area contributed by atoms with Gasteiger partial charge in [-0.2, -0.15) is 0 Å². The number of hydrogen-bond donors (Lipinski definition) is 2. The van der Waals surface area contributed by atoms with Gasteiger partial charge in [0.05, 0.1) is 7.11 Å². The van der Waals surface area contributed by atoms with Crippen molar-refractivity contribution >= 4 is 34.8 Å². The van der Waals surface area contributed by atoms with E-state index in [2.05, 4.69) is 5.32 Å². The zero-order valence-corrected chi connectivity index (χ0v) is 12.8. The first-order valence-electron chi connectivity index (χ1n) is 6.16. The van der Waals surface area contributed by atoms with Gasteiger partial charge in [0.2, 0.25) is 0 Å². The molecule has 0 aliphatic rings. The van der Waals surface area contributed by atoms with Crippen LogP contribution in [0.2, 0.25) is 10.0 Å². The Hall–Kier alpha value is -1.91. The second-order valence-electron chi connectivity index (χ2n) is 4.41. The van der Waals surface area contributed by atoms with Crippen molar-refractivity contribution in [3.63, 3.8) is 0 Å². The zero-order valence-electron chi connectivity index (χ0n) is 11.3. The van der Waals surface area contributed by atoms with Crippen molar-refractivity contribution in [3.05, 3.63) is 57.6 Å². The second-order valence-corrected chi connectivity index (χ2v) is 5.28. The number of carbonyl (C=O) groups excluding carboxylic acids is 1. The highest BCUT2D eigenvalue weighted by Gasteiger charge is 2.10. The standard InChI is InChI=1S/C15H14Cl2N2O2/c1-21-14-3-2-13(18)6-10(14)8-19-15(20)9-4-11(16)7-12(17)5-9/h2-7H,8,18H2,1H3,(H,19,20). The number of hydrogen-bond acceptors (Lipinski definition) is 3. The number of nitrogen functional groups attached to an aromatic ring is 1. The number of rotatable bonds is 4. The smallest absolute Gasteiger partial charge is 0.251 e. The Morgan fingerprint density at radius 1 is 1.19 bits per heavy atom. The topological polar surface area (TPSA) is 64.3 Å². The molecule has 110 valence electrons. The van der Waals surface area contributed by atoms with Crippen LogP contribution in [0.5, 0.6) is 5.75 Å². The highest BCUT2D eigenvalue weighted by Crippen LogP contribution is 2.22. The minimum atomic E-state index is -0.274. The normalized spacial score (nSPS) is 10.2. The highest BCUT2D eigenvalue weighted by molar-refractivity contribution is 6.35. The number of amides is 1. The van der Waals surface area contributed by atoms with Crippen molar-refractivity contribution < 1.29 is 9.53 Å². The maximum absolute atomic E-state index is 12.1. The van der Waals surface area contributed by atoms with Crippen molar-refractivity contribution in [1.82, 2.24) is 5.32 Å². The number of methoxy groups -OCH3 is 1. The van der Waals surface area contributed by atoms with E-state index in [1.807, 2.05) is 0 Å². The molecule has 0 aliphatic carbocycles. The predicted molar refractivity (Wildman–Crippen MR) is 85.0 cm³/mol. The van der Waals surface area contributed by atoms with Crippen LogP contribution in [-0.4, -0.2) is 13.0 Å². The van der Waals surface area contributed by atoms with Crippen molar-refractivity contribution in [2.24, 2.45) is 0 Å². The fourth-order valence-corrected chi connectivity index (χ4v) is 2.43. The molecule has 2 aromatic rings. The molecule has 0 spiro atoms. The number of anilines is 1. The Labute approximate surface area is 132 Å². The van der Waals surface area contributed by atoms with Gasteiger partial charge in [0.25, 0.3) is 5.91 Å². The molecule has 0 bridgehead atoms. The van der Waals surface area contributed by atoms with Crippen LogP contribution in [0.3, 0.4) is 0 Å². The molecule has 1 amide bonds. The van der Waals surface area contributed by atoms with Crippen LogP contribution in [0.25, 0.3) is 0 Å². The minimum absolute atomic E-state index is 0.274. The van der Waals surface area contributed by atoms with Crippen LogP contribution in [0.15, 0.2) is 36.4 Å². The summed E-state index contributed by atoms with van der Waals surface area (Å²) in [6.07, 6.45) is 0. The van der Waals surface area contributed by atoms with Gasteiger partial charge in [-0.3, -0.25) is 4.79 Å². The molecule has 2 rings (SSSR count). The van der Waals surface area contributed by atoms with Crippen molar-refractivity contribution in [3.8, 4) is 5.75 Å². The van der Waals surface area contributed by atoms with E-state index < -0.39 is 0 Å². The monoisotopic (exact) mass is 324 g/mol. The molecule has 6 heteroatoms. The molecule has 0 heterocycles. The van der Waals surface area contributed by atoms with Gasteiger partial charge in [-0.25, -0.2) is 0 Å². The van der Waals surface area contributed by atoms with E-state index in [1.54, 1.807) is 43.5 Å². The van der Waals surface area contributed by atoms with Crippen LogP contribution in [0, 0.1) is 0 Å². The average Bonchev–Trinajstić information content (AvgIpc) is 2.43. The first-order chi connectivity index (χ1) is 9.99. The van der Waals surface area contributed by atoms with E-state index in [0.29, 0.717) is 27.0 Å². The van der Waals surface area contributed by atoms with Crippen LogP contribution in [0.1, 0.15) is 15.9 Å². The molecule has 0 unspecified atom stereocenters. The van der Waals surface area contributed by atoms with Crippen LogP contribution < -0.4 is 15.8 Å². The summed E-state index contributed by atoms with van der Waals surface area (Å²) in [6.45, 7) is 0.289. The van der Waals surface area contributed by atoms with Gasteiger partial charge < -0.3 is 15.8 Å². The molecule has 21 heavy (non-hydrogen) atoms. The first kappa shape index (κ1) is 15.5. The molecular weight excluding hydrogens is 311 g/mol. The number of benzene rings is 2. The predicted octanol–water partition coefficient (Wildman–Crippen LogP) is 3.51. The third-order valence-electron chi connectivity index (χ3n) is 2.87. The molecule has 0 saturated heterocycles. The maximum Gasteiger partial charge on any atom is 0.251 e. The molecule has 0 fully saturated rings. The van der Waals surface area contributed by atoms with Gasteiger partial charge in [-0.15, -0.1) is 0 Å². The first-order valence-corrected chi connectivity index (χ1v) is 6.92. The number of ether oxygens (including phenoxy) is 1. The van der Waals surface area contributed by atoms with E-state index in [1.165, 1.54) is 0 Å². The lowest BCUT2D eigenvalue weighted by Crippen LogP contribution is -2.23. The van der Waals surface area contributed by atoms with Gasteiger partial charge in [0, 0.05) is 33.4 Å². The minimum Gasteiger partial charge on any atom is -0.496 e. The molecule has 0 atom stereocenters.